The minimum absolute atomic E-state index is 0.402. The molecule has 1 aromatic heterocycles. The van der Waals surface area contributed by atoms with Gasteiger partial charge in [0.05, 0.1) is 11.2 Å². The molecule has 0 aliphatic carbocycles. The first-order valence-corrected chi connectivity index (χ1v) is 8.53. The Kier molecular flexibility index (Phi) is 4.21. The van der Waals surface area contributed by atoms with Crippen molar-refractivity contribution in [3.05, 3.63) is 53.1 Å². The van der Waals surface area contributed by atoms with Crippen molar-refractivity contribution in [1.29, 1.82) is 0 Å². The summed E-state index contributed by atoms with van der Waals surface area (Å²) >= 11 is 1.59. The lowest BCUT2D eigenvalue weighted by Crippen LogP contribution is -2.41. The van der Waals surface area contributed by atoms with Crippen molar-refractivity contribution in [3.8, 4) is 10.4 Å². The molecule has 1 aliphatic rings. The monoisotopic (exact) mass is 330 g/mol. The molecule has 5 heteroatoms. The molecule has 0 radical (unpaired) electrons. The Morgan fingerprint density at radius 1 is 1.09 bits per heavy atom. The minimum atomic E-state index is -0.944. The van der Waals surface area contributed by atoms with E-state index in [0.717, 1.165) is 16.0 Å². The zero-order valence-corrected chi connectivity index (χ0v) is 14.6. The first-order chi connectivity index (χ1) is 10.8. The van der Waals surface area contributed by atoms with Gasteiger partial charge in [-0.1, -0.05) is 30.3 Å². The smallest absolute Gasteiger partial charge is 0.398 e. The predicted molar refractivity (Wildman–Crippen MR) is 94.9 cm³/mol. The lowest BCUT2D eigenvalue weighted by Gasteiger charge is -2.32. The maximum atomic E-state index is 14.5. The average Bonchev–Trinajstić information content (AvgIpc) is 3.03. The molecule has 2 nitrogen and oxygen atoms in total. The highest BCUT2D eigenvalue weighted by atomic mass is 32.1. The minimum Gasteiger partial charge on any atom is -0.398 e. The Balaban J connectivity index is 1.79. The number of rotatable bonds is 3. The fraction of sp³-hybridized carbons (Fsp3) is 0.333. The summed E-state index contributed by atoms with van der Waals surface area (Å²) in [7, 11) is -0.944. The molecular weight excluding hydrogens is 310 g/mol. The van der Waals surface area contributed by atoms with Crippen LogP contribution in [0.4, 0.5) is 4.39 Å². The molecule has 3 rings (SSSR count). The zero-order chi connectivity index (χ0) is 16.7. The van der Waals surface area contributed by atoms with Crippen molar-refractivity contribution in [1.82, 2.24) is 0 Å². The van der Waals surface area contributed by atoms with E-state index < -0.39 is 24.0 Å². The highest BCUT2D eigenvalue weighted by molar-refractivity contribution is 7.13. The van der Waals surface area contributed by atoms with E-state index in [4.69, 9.17) is 9.31 Å². The van der Waals surface area contributed by atoms with E-state index in [1.807, 2.05) is 69.5 Å². The van der Waals surface area contributed by atoms with Crippen molar-refractivity contribution in [2.75, 3.05) is 0 Å². The maximum Gasteiger partial charge on any atom is 0.525 e. The Morgan fingerprint density at radius 2 is 1.70 bits per heavy atom. The lowest BCUT2D eigenvalue weighted by molar-refractivity contribution is 0.00578. The van der Waals surface area contributed by atoms with Crippen LogP contribution in [-0.4, -0.2) is 18.3 Å². The third kappa shape index (κ3) is 3.27. The fourth-order valence-corrected chi connectivity index (χ4v) is 3.24. The first-order valence-electron chi connectivity index (χ1n) is 7.65. The molecule has 2 aromatic rings. The van der Waals surface area contributed by atoms with Crippen LogP contribution in [0.5, 0.6) is 0 Å². The highest BCUT2D eigenvalue weighted by Crippen LogP contribution is 2.39. The van der Waals surface area contributed by atoms with E-state index in [9.17, 15) is 4.39 Å². The summed E-state index contributed by atoms with van der Waals surface area (Å²) in [5.41, 5.74) is 0.481. The molecule has 1 fully saturated rings. The first kappa shape index (κ1) is 16.4. The van der Waals surface area contributed by atoms with Gasteiger partial charge in [0.25, 0.3) is 0 Å². The number of hydrogen-bond acceptors (Lipinski definition) is 3. The molecule has 0 saturated carbocycles. The second kappa shape index (κ2) is 5.89. The SMILES string of the molecule is CC1(C)OB(C(F)=Cc2csc(-c3ccccc3)c2)OC1(C)C. The van der Waals surface area contributed by atoms with Gasteiger partial charge in [-0.05, 0) is 56.3 Å². The van der Waals surface area contributed by atoms with Gasteiger partial charge in [0.1, 0.15) is 5.73 Å². The molecule has 0 atom stereocenters. The van der Waals surface area contributed by atoms with Crippen molar-refractivity contribution < 1.29 is 13.7 Å². The Labute approximate surface area is 141 Å². The molecule has 2 heterocycles. The average molecular weight is 330 g/mol. The molecule has 0 N–H and O–H groups in total. The van der Waals surface area contributed by atoms with Gasteiger partial charge in [0.15, 0.2) is 0 Å². The van der Waals surface area contributed by atoms with Gasteiger partial charge in [0, 0.05) is 4.88 Å². The topological polar surface area (TPSA) is 18.5 Å². The number of benzene rings is 1. The van der Waals surface area contributed by atoms with Crippen LogP contribution in [0.1, 0.15) is 33.3 Å². The second-order valence-corrected chi connectivity index (χ2v) is 7.64. The molecule has 120 valence electrons. The lowest BCUT2D eigenvalue weighted by atomic mass is 9.87. The predicted octanol–water partition coefficient (Wildman–Crippen LogP) is 5.36. The van der Waals surface area contributed by atoms with Crippen molar-refractivity contribution in [2.45, 2.75) is 38.9 Å². The van der Waals surface area contributed by atoms with Crippen LogP contribution in [0.3, 0.4) is 0 Å². The number of halogens is 1. The van der Waals surface area contributed by atoms with Crippen LogP contribution >= 0.6 is 11.3 Å². The fourth-order valence-electron chi connectivity index (χ4n) is 2.36. The van der Waals surface area contributed by atoms with Crippen molar-refractivity contribution in [3.63, 3.8) is 0 Å². The summed E-state index contributed by atoms with van der Waals surface area (Å²) in [4.78, 5) is 1.11. The van der Waals surface area contributed by atoms with Crippen LogP contribution in [0.2, 0.25) is 0 Å². The van der Waals surface area contributed by atoms with Crippen LogP contribution in [0, 0.1) is 0 Å². The third-order valence-corrected chi connectivity index (χ3v) is 5.46. The van der Waals surface area contributed by atoms with Crippen molar-refractivity contribution >= 4 is 24.5 Å². The van der Waals surface area contributed by atoms with Crippen LogP contribution in [0.25, 0.3) is 16.5 Å². The summed E-state index contributed by atoms with van der Waals surface area (Å²) in [6, 6.07) is 12.0. The molecule has 0 bridgehead atoms. The molecule has 0 amide bonds. The maximum absolute atomic E-state index is 14.5. The Hall–Kier alpha value is -1.43. The molecule has 23 heavy (non-hydrogen) atoms. The highest BCUT2D eigenvalue weighted by Gasteiger charge is 2.53. The summed E-state index contributed by atoms with van der Waals surface area (Å²) < 4.78 is 26.0. The van der Waals surface area contributed by atoms with E-state index in [-0.39, 0.29) is 0 Å². The Bertz CT molecular complexity index is 706. The van der Waals surface area contributed by atoms with E-state index in [1.165, 1.54) is 6.08 Å². The van der Waals surface area contributed by atoms with Gasteiger partial charge >= 0.3 is 7.12 Å². The van der Waals surface area contributed by atoms with Crippen LogP contribution in [0.15, 0.2) is 47.5 Å². The molecule has 1 saturated heterocycles. The van der Waals surface area contributed by atoms with Gasteiger partial charge in [-0.2, -0.15) is 0 Å². The van der Waals surface area contributed by atoms with Gasteiger partial charge < -0.3 is 9.31 Å². The largest absolute Gasteiger partial charge is 0.525 e. The summed E-state index contributed by atoms with van der Waals surface area (Å²) in [6.45, 7) is 7.66. The molecule has 0 spiro atoms. The molecule has 1 aromatic carbocycles. The van der Waals surface area contributed by atoms with E-state index in [2.05, 4.69) is 0 Å². The molecular formula is C18H20BFO2S. The summed E-state index contributed by atoms with van der Waals surface area (Å²) in [5, 5.41) is 1.94. The van der Waals surface area contributed by atoms with E-state index in [1.54, 1.807) is 11.3 Å². The third-order valence-electron chi connectivity index (χ3n) is 4.46. The van der Waals surface area contributed by atoms with E-state index >= 15 is 0 Å². The Morgan fingerprint density at radius 3 is 2.30 bits per heavy atom. The van der Waals surface area contributed by atoms with Gasteiger partial charge in [-0.3, -0.25) is 0 Å². The van der Waals surface area contributed by atoms with Gasteiger partial charge in [0.2, 0.25) is 0 Å². The van der Waals surface area contributed by atoms with Crippen LogP contribution < -0.4 is 0 Å². The number of thiophene rings is 1. The zero-order valence-electron chi connectivity index (χ0n) is 13.8. The standard InChI is InChI=1S/C18H20BFO2S/c1-17(2)18(3,4)22-19(21-17)16(20)11-13-10-15(23-12-13)14-8-6-5-7-9-14/h5-12H,1-4H3. The summed E-state index contributed by atoms with van der Waals surface area (Å²) in [5.74, 6) is 0. The number of hydrogen-bond donors (Lipinski definition) is 0. The normalized spacial score (nSPS) is 20.0. The molecule has 0 unspecified atom stereocenters. The van der Waals surface area contributed by atoms with E-state index in [0.29, 0.717) is 0 Å². The van der Waals surface area contributed by atoms with Crippen LogP contribution in [-0.2, 0) is 9.31 Å². The quantitative estimate of drug-likeness (QED) is 0.706. The van der Waals surface area contributed by atoms with Gasteiger partial charge in [-0.25, -0.2) is 4.39 Å². The van der Waals surface area contributed by atoms with Gasteiger partial charge in [-0.15, -0.1) is 11.3 Å². The second-order valence-electron chi connectivity index (χ2n) is 6.73. The van der Waals surface area contributed by atoms with Crippen molar-refractivity contribution in [2.24, 2.45) is 0 Å². The summed E-state index contributed by atoms with van der Waals surface area (Å²) in [6.07, 6.45) is 1.49. The molecule has 1 aliphatic heterocycles.